The summed E-state index contributed by atoms with van der Waals surface area (Å²) in [6.07, 6.45) is 1.69. The predicted octanol–water partition coefficient (Wildman–Crippen LogP) is 5.65. The Morgan fingerprint density at radius 3 is 2.12 bits per heavy atom. The number of para-hydroxylation sites is 2. The summed E-state index contributed by atoms with van der Waals surface area (Å²) in [6.45, 7) is 0. The number of ketones is 1. The highest BCUT2D eigenvalue weighted by Crippen LogP contribution is 2.29. The Labute approximate surface area is 157 Å². The maximum absolute atomic E-state index is 13.0. The molecule has 26 heavy (non-hydrogen) atoms. The van der Waals surface area contributed by atoms with Crippen LogP contribution < -0.4 is 9.47 Å². The first-order valence-electron chi connectivity index (χ1n) is 8.05. The lowest BCUT2D eigenvalue weighted by Crippen LogP contribution is -2.10. The molecule has 0 amide bonds. The third-order valence-corrected chi connectivity index (χ3v) is 3.97. The molecule has 0 aromatic heterocycles. The second-order valence-electron chi connectivity index (χ2n) is 5.51. The van der Waals surface area contributed by atoms with Gasteiger partial charge in [0.2, 0.25) is 5.78 Å². The van der Waals surface area contributed by atoms with Gasteiger partial charge < -0.3 is 9.47 Å². The van der Waals surface area contributed by atoms with Crippen molar-refractivity contribution in [3.8, 4) is 11.5 Å². The van der Waals surface area contributed by atoms with E-state index >= 15 is 0 Å². The number of Topliss-reactive ketones (excluding diaryl/α,β-unsaturated/α-hetero) is 1. The number of hydrogen-bond donors (Lipinski definition) is 0. The van der Waals surface area contributed by atoms with Gasteiger partial charge in [0.05, 0.1) is 7.11 Å². The van der Waals surface area contributed by atoms with Gasteiger partial charge in [0.1, 0.15) is 0 Å². The highest BCUT2D eigenvalue weighted by molar-refractivity contribution is 6.30. The first-order chi connectivity index (χ1) is 12.7. The fourth-order valence-electron chi connectivity index (χ4n) is 2.41. The van der Waals surface area contributed by atoms with E-state index in [9.17, 15) is 4.79 Å². The van der Waals surface area contributed by atoms with Crippen LogP contribution in [0, 0.1) is 0 Å². The topological polar surface area (TPSA) is 35.5 Å². The lowest BCUT2D eigenvalue weighted by Gasteiger charge is -2.12. The molecule has 0 atom stereocenters. The molecule has 130 valence electrons. The van der Waals surface area contributed by atoms with Gasteiger partial charge in [0.15, 0.2) is 17.3 Å². The van der Waals surface area contributed by atoms with Crippen LogP contribution in [0.15, 0.2) is 84.6 Å². The molecule has 3 rings (SSSR count). The molecule has 0 fully saturated rings. The maximum atomic E-state index is 13.0. The summed E-state index contributed by atoms with van der Waals surface area (Å²) >= 11 is 5.94. The lowest BCUT2D eigenvalue weighted by atomic mass is 10.1. The van der Waals surface area contributed by atoms with Crippen LogP contribution in [0.5, 0.6) is 11.5 Å². The van der Waals surface area contributed by atoms with Gasteiger partial charge in [-0.15, -0.1) is 0 Å². The van der Waals surface area contributed by atoms with Gasteiger partial charge in [0.25, 0.3) is 0 Å². The molecule has 0 radical (unpaired) electrons. The van der Waals surface area contributed by atoms with E-state index in [-0.39, 0.29) is 11.5 Å². The smallest absolute Gasteiger partial charge is 0.228 e. The number of methoxy groups -OCH3 is 1. The predicted molar refractivity (Wildman–Crippen MR) is 104 cm³/mol. The molecule has 3 aromatic rings. The summed E-state index contributed by atoms with van der Waals surface area (Å²) in [5, 5.41) is 0.628. The van der Waals surface area contributed by atoms with Gasteiger partial charge in [-0.1, -0.05) is 66.2 Å². The van der Waals surface area contributed by atoms with Crippen LogP contribution in [0.4, 0.5) is 0 Å². The number of benzene rings is 3. The minimum absolute atomic E-state index is 0.197. The lowest BCUT2D eigenvalue weighted by molar-refractivity contribution is 0.0987. The third-order valence-electron chi connectivity index (χ3n) is 3.72. The molecule has 0 saturated carbocycles. The summed E-state index contributed by atoms with van der Waals surface area (Å²) in [4.78, 5) is 13.0. The van der Waals surface area contributed by atoms with Gasteiger partial charge in [-0.2, -0.15) is 0 Å². The number of allylic oxidation sites excluding steroid dienone is 1. The minimum Gasteiger partial charge on any atom is -0.493 e. The summed E-state index contributed by atoms with van der Waals surface area (Å²) in [7, 11) is 1.56. The molecule has 4 heteroatoms. The fraction of sp³-hybridized carbons (Fsp3) is 0.0455. The van der Waals surface area contributed by atoms with Gasteiger partial charge in [-0.3, -0.25) is 4.79 Å². The van der Waals surface area contributed by atoms with Crippen molar-refractivity contribution in [2.24, 2.45) is 0 Å². The van der Waals surface area contributed by atoms with Crippen molar-refractivity contribution in [3.63, 3.8) is 0 Å². The van der Waals surface area contributed by atoms with Crippen LogP contribution in [-0.4, -0.2) is 12.9 Å². The van der Waals surface area contributed by atoms with Crippen molar-refractivity contribution in [2.75, 3.05) is 7.11 Å². The number of rotatable bonds is 6. The van der Waals surface area contributed by atoms with Crippen molar-refractivity contribution < 1.29 is 14.3 Å². The van der Waals surface area contributed by atoms with Gasteiger partial charge in [-0.05, 0) is 35.9 Å². The number of hydrogen-bond acceptors (Lipinski definition) is 3. The van der Waals surface area contributed by atoms with Crippen molar-refractivity contribution in [2.45, 2.75) is 0 Å². The number of carbonyl (C=O) groups is 1. The van der Waals surface area contributed by atoms with Crippen LogP contribution in [-0.2, 0) is 0 Å². The van der Waals surface area contributed by atoms with E-state index in [1.807, 2.05) is 42.5 Å². The molecular formula is C22H17ClO3. The summed E-state index contributed by atoms with van der Waals surface area (Å²) in [5.41, 5.74) is 1.35. The van der Waals surface area contributed by atoms with Crippen LogP contribution in [0.3, 0.4) is 0 Å². The summed E-state index contributed by atoms with van der Waals surface area (Å²) in [6, 6.07) is 23.4. The third kappa shape index (κ3) is 4.32. The van der Waals surface area contributed by atoms with E-state index in [2.05, 4.69) is 0 Å². The normalized spacial score (nSPS) is 11.1. The van der Waals surface area contributed by atoms with Crippen molar-refractivity contribution in [1.82, 2.24) is 0 Å². The van der Waals surface area contributed by atoms with E-state index in [1.54, 1.807) is 49.6 Å². The average molecular weight is 365 g/mol. The Balaban J connectivity index is 2.01. The molecule has 0 aliphatic carbocycles. The average Bonchev–Trinajstić information content (AvgIpc) is 2.69. The highest BCUT2D eigenvalue weighted by Gasteiger charge is 2.16. The SMILES string of the molecule is COc1ccccc1OC(=Cc1ccc(Cl)cc1)C(=O)c1ccccc1. The fourth-order valence-corrected chi connectivity index (χ4v) is 2.53. The van der Waals surface area contributed by atoms with Crippen LogP contribution in [0.2, 0.25) is 5.02 Å². The quantitative estimate of drug-likeness (QED) is 0.322. The Hall–Kier alpha value is -3.04. The molecular weight excluding hydrogens is 348 g/mol. The molecule has 0 aliphatic rings. The molecule has 0 saturated heterocycles. The zero-order chi connectivity index (χ0) is 18.4. The second-order valence-corrected chi connectivity index (χ2v) is 5.94. The Kier molecular flexibility index (Phi) is 5.72. The maximum Gasteiger partial charge on any atom is 0.228 e. The second kappa shape index (κ2) is 8.37. The van der Waals surface area contributed by atoms with Crippen molar-refractivity contribution in [3.05, 3.63) is 101 Å². The van der Waals surface area contributed by atoms with Crippen LogP contribution >= 0.6 is 11.6 Å². The number of ether oxygens (including phenoxy) is 2. The molecule has 3 aromatic carbocycles. The molecule has 0 bridgehead atoms. The standard InChI is InChI=1S/C22H17ClO3/c1-25-19-9-5-6-10-20(19)26-21(15-16-11-13-18(23)14-12-16)22(24)17-7-3-2-4-8-17/h2-15H,1H3. The zero-order valence-corrected chi connectivity index (χ0v) is 14.9. The first kappa shape index (κ1) is 17.8. The van der Waals surface area contributed by atoms with E-state index in [4.69, 9.17) is 21.1 Å². The molecule has 0 aliphatic heterocycles. The van der Waals surface area contributed by atoms with E-state index in [0.29, 0.717) is 22.1 Å². The van der Waals surface area contributed by atoms with Crippen molar-refractivity contribution in [1.29, 1.82) is 0 Å². The highest BCUT2D eigenvalue weighted by atomic mass is 35.5. The van der Waals surface area contributed by atoms with Gasteiger partial charge >= 0.3 is 0 Å². The Bertz CT molecular complexity index is 916. The molecule has 0 spiro atoms. The van der Waals surface area contributed by atoms with Crippen LogP contribution in [0.1, 0.15) is 15.9 Å². The van der Waals surface area contributed by atoms with Crippen LogP contribution in [0.25, 0.3) is 6.08 Å². The molecule has 0 heterocycles. The minimum atomic E-state index is -0.216. The first-order valence-corrected chi connectivity index (χ1v) is 8.43. The monoisotopic (exact) mass is 364 g/mol. The zero-order valence-electron chi connectivity index (χ0n) is 14.2. The molecule has 0 N–H and O–H groups in total. The Morgan fingerprint density at radius 2 is 1.46 bits per heavy atom. The number of halogens is 1. The van der Waals surface area contributed by atoms with E-state index in [0.717, 1.165) is 5.56 Å². The summed E-state index contributed by atoms with van der Waals surface area (Å²) in [5.74, 6) is 1.00. The summed E-state index contributed by atoms with van der Waals surface area (Å²) < 4.78 is 11.3. The van der Waals surface area contributed by atoms with E-state index < -0.39 is 0 Å². The number of carbonyl (C=O) groups excluding carboxylic acids is 1. The van der Waals surface area contributed by atoms with E-state index in [1.165, 1.54) is 0 Å². The molecule has 3 nitrogen and oxygen atoms in total. The molecule has 0 unspecified atom stereocenters. The van der Waals surface area contributed by atoms with Crippen molar-refractivity contribution >= 4 is 23.5 Å². The Morgan fingerprint density at radius 1 is 0.846 bits per heavy atom. The van der Waals surface area contributed by atoms with Gasteiger partial charge in [-0.25, -0.2) is 0 Å². The van der Waals surface area contributed by atoms with Gasteiger partial charge in [0, 0.05) is 10.6 Å². The largest absolute Gasteiger partial charge is 0.493 e.